The number of hydrogen-bond acceptors (Lipinski definition) is 3. The molecule has 0 atom stereocenters. The highest BCUT2D eigenvalue weighted by Crippen LogP contribution is 2.31. The zero-order valence-electron chi connectivity index (χ0n) is 11.7. The maximum Gasteiger partial charge on any atom is 0.356 e. The molecular weight excluding hydrogens is 240 g/mol. The third-order valence-electron chi connectivity index (χ3n) is 4.31. The van der Waals surface area contributed by atoms with Crippen molar-refractivity contribution in [3.05, 3.63) is 24.0 Å². The van der Waals surface area contributed by atoms with Crippen molar-refractivity contribution in [2.75, 3.05) is 11.9 Å². The topological polar surface area (TPSA) is 53.4 Å². The predicted octanol–water partition coefficient (Wildman–Crippen LogP) is 3.18. The summed E-state index contributed by atoms with van der Waals surface area (Å²) in [6.45, 7) is 2.25. The molecule has 0 amide bonds. The first-order valence-electron chi connectivity index (χ1n) is 7.04. The van der Waals surface area contributed by atoms with Crippen LogP contribution >= 0.6 is 0 Å². The molecule has 0 saturated heterocycles. The van der Waals surface area contributed by atoms with E-state index in [-0.39, 0.29) is 5.69 Å². The molecule has 2 rings (SSSR count). The number of carboxylic acids is 1. The van der Waals surface area contributed by atoms with Gasteiger partial charge in [-0.05, 0) is 43.7 Å². The molecule has 0 aliphatic heterocycles. The number of aromatic carboxylic acids is 1. The molecule has 0 unspecified atom stereocenters. The molecule has 1 heterocycles. The number of pyridine rings is 1. The number of rotatable bonds is 4. The molecule has 0 bridgehead atoms. The summed E-state index contributed by atoms with van der Waals surface area (Å²) in [4.78, 5) is 17.3. The van der Waals surface area contributed by atoms with Crippen LogP contribution in [0.1, 0.15) is 49.5 Å². The SMILES string of the molecule is CCC1CCC(N(C)c2cccnc2C(=O)O)CC1. The first kappa shape index (κ1) is 13.8. The standard InChI is InChI=1S/C15H22N2O2/c1-3-11-6-8-12(9-7-11)17(2)13-5-4-10-16-14(13)15(18)19/h4-5,10-12H,3,6-9H2,1-2H3,(H,18,19). The summed E-state index contributed by atoms with van der Waals surface area (Å²) < 4.78 is 0. The lowest BCUT2D eigenvalue weighted by atomic mass is 9.84. The number of aromatic nitrogens is 1. The van der Waals surface area contributed by atoms with Gasteiger partial charge in [-0.2, -0.15) is 0 Å². The zero-order valence-corrected chi connectivity index (χ0v) is 11.7. The van der Waals surface area contributed by atoms with E-state index in [1.54, 1.807) is 6.07 Å². The van der Waals surface area contributed by atoms with E-state index in [0.717, 1.165) is 24.4 Å². The average Bonchev–Trinajstić information content (AvgIpc) is 2.46. The Balaban J connectivity index is 2.12. The molecule has 1 fully saturated rings. The van der Waals surface area contributed by atoms with Gasteiger partial charge in [0.25, 0.3) is 0 Å². The molecule has 19 heavy (non-hydrogen) atoms. The molecule has 0 radical (unpaired) electrons. The van der Waals surface area contributed by atoms with Crippen LogP contribution in [-0.4, -0.2) is 29.1 Å². The van der Waals surface area contributed by atoms with Crippen LogP contribution in [0, 0.1) is 5.92 Å². The van der Waals surface area contributed by atoms with Crippen molar-refractivity contribution >= 4 is 11.7 Å². The Morgan fingerprint density at radius 2 is 2.11 bits per heavy atom. The summed E-state index contributed by atoms with van der Waals surface area (Å²) in [5, 5.41) is 9.20. The molecular formula is C15H22N2O2. The third-order valence-corrected chi connectivity index (χ3v) is 4.31. The molecule has 1 aliphatic rings. The van der Waals surface area contributed by atoms with E-state index >= 15 is 0 Å². The minimum Gasteiger partial charge on any atom is -0.476 e. The molecule has 1 saturated carbocycles. The second-order valence-corrected chi connectivity index (χ2v) is 5.37. The Kier molecular flexibility index (Phi) is 4.40. The van der Waals surface area contributed by atoms with Crippen LogP contribution in [0.2, 0.25) is 0 Å². The van der Waals surface area contributed by atoms with Crippen LogP contribution in [0.3, 0.4) is 0 Å². The summed E-state index contributed by atoms with van der Waals surface area (Å²) in [5.74, 6) is -0.109. The van der Waals surface area contributed by atoms with Gasteiger partial charge in [-0.1, -0.05) is 13.3 Å². The minimum atomic E-state index is -0.954. The summed E-state index contributed by atoms with van der Waals surface area (Å²) >= 11 is 0. The minimum absolute atomic E-state index is 0.155. The molecule has 0 aromatic carbocycles. The maximum atomic E-state index is 11.2. The number of anilines is 1. The highest BCUT2D eigenvalue weighted by atomic mass is 16.4. The van der Waals surface area contributed by atoms with E-state index in [1.165, 1.54) is 25.5 Å². The molecule has 1 aliphatic carbocycles. The van der Waals surface area contributed by atoms with Crippen LogP contribution in [0.15, 0.2) is 18.3 Å². The summed E-state index contributed by atoms with van der Waals surface area (Å²) in [6.07, 6.45) is 7.56. The Bertz CT molecular complexity index is 440. The fraction of sp³-hybridized carbons (Fsp3) is 0.600. The molecule has 1 aromatic rings. The first-order chi connectivity index (χ1) is 9.13. The van der Waals surface area contributed by atoms with Crippen LogP contribution in [0.25, 0.3) is 0 Å². The fourth-order valence-corrected chi connectivity index (χ4v) is 2.98. The Hall–Kier alpha value is -1.58. The van der Waals surface area contributed by atoms with E-state index in [9.17, 15) is 9.90 Å². The van der Waals surface area contributed by atoms with E-state index in [1.807, 2.05) is 13.1 Å². The van der Waals surface area contributed by atoms with Gasteiger partial charge in [0.1, 0.15) is 0 Å². The van der Waals surface area contributed by atoms with Gasteiger partial charge >= 0.3 is 5.97 Å². The largest absolute Gasteiger partial charge is 0.476 e. The molecule has 1 aromatic heterocycles. The maximum absolute atomic E-state index is 11.2. The normalized spacial score (nSPS) is 23.1. The fourth-order valence-electron chi connectivity index (χ4n) is 2.98. The lowest BCUT2D eigenvalue weighted by Crippen LogP contribution is -2.36. The second-order valence-electron chi connectivity index (χ2n) is 5.37. The molecule has 0 spiro atoms. The number of carbonyl (C=O) groups is 1. The van der Waals surface area contributed by atoms with Crippen molar-refractivity contribution in [3.8, 4) is 0 Å². The predicted molar refractivity (Wildman–Crippen MR) is 75.6 cm³/mol. The number of carboxylic acid groups (broad SMARTS) is 1. The average molecular weight is 262 g/mol. The van der Waals surface area contributed by atoms with Crippen LogP contribution in [-0.2, 0) is 0 Å². The highest BCUT2D eigenvalue weighted by Gasteiger charge is 2.25. The van der Waals surface area contributed by atoms with Crippen LogP contribution < -0.4 is 4.90 Å². The van der Waals surface area contributed by atoms with Crippen LogP contribution in [0.4, 0.5) is 5.69 Å². The van der Waals surface area contributed by atoms with Crippen molar-refractivity contribution in [1.29, 1.82) is 0 Å². The monoisotopic (exact) mass is 262 g/mol. The lowest BCUT2D eigenvalue weighted by Gasteiger charge is -2.36. The van der Waals surface area contributed by atoms with Gasteiger partial charge in [0, 0.05) is 19.3 Å². The molecule has 1 N–H and O–H groups in total. The third kappa shape index (κ3) is 3.06. The Morgan fingerprint density at radius 1 is 1.42 bits per heavy atom. The first-order valence-corrected chi connectivity index (χ1v) is 7.04. The summed E-state index contributed by atoms with van der Waals surface area (Å²) in [7, 11) is 1.99. The van der Waals surface area contributed by atoms with Crippen molar-refractivity contribution in [2.45, 2.75) is 45.1 Å². The Morgan fingerprint density at radius 3 is 2.68 bits per heavy atom. The lowest BCUT2D eigenvalue weighted by molar-refractivity contribution is 0.0691. The van der Waals surface area contributed by atoms with Gasteiger partial charge in [-0.25, -0.2) is 9.78 Å². The van der Waals surface area contributed by atoms with Gasteiger partial charge in [0.05, 0.1) is 5.69 Å². The molecule has 104 valence electrons. The summed E-state index contributed by atoms with van der Waals surface area (Å²) in [5.41, 5.74) is 0.887. The van der Waals surface area contributed by atoms with Crippen molar-refractivity contribution in [1.82, 2.24) is 4.98 Å². The zero-order chi connectivity index (χ0) is 13.8. The van der Waals surface area contributed by atoms with Gasteiger partial charge < -0.3 is 10.0 Å². The Labute approximate surface area is 114 Å². The second kappa shape index (κ2) is 6.04. The van der Waals surface area contributed by atoms with Crippen molar-refractivity contribution < 1.29 is 9.90 Å². The quantitative estimate of drug-likeness (QED) is 0.905. The van der Waals surface area contributed by atoms with Crippen molar-refractivity contribution in [3.63, 3.8) is 0 Å². The van der Waals surface area contributed by atoms with E-state index in [0.29, 0.717) is 6.04 Å². The van der Waals surface area contributed by atoms with Crippen molar-refractivity contribution in [2.24, 2.45) is 5.92 Å². The van der Waals surface area contributed by atoms with Crippen LogP contribution in [0.5, 0.6) is 0 Å². The van der Waals surface area contributed by atoms with Gasteiger partial charge in [-0.15, -0.1) is 0 Å². The van der Waals surface area contributed by atoms with Gasteiger partial charge in [0.15, 0.2) is 5.69 Å². The number of nitrogens with zero attached hydrogens (tertiary/aromatic N) is 2. The van der Waals surface area contributed by atoms with Gasteiger partial charge in [-0.3, -0.25) is 0 Å². The summed E-state index contributed by atoms with van der Waals surface area (Å²) in [6, 6.07) is 4.09. The smallest absolute Gasteiger partial charge is 0.356 e. The van der Waals surface area contributed by atoms with E-state index < -0.39 is 5.97 Å². The van der Waals surface area contributed by atoms with E-state index in [4.69, 9.17) is 0 Å². The van der Waals surface area contributed by atoms with Gasteiger partial charge in [0.2, 0.25) is 0 Å². The highest BCUT2D eigenvalue weighted by molar-refractivity contribution is 5.92. The van der Waals surface area contributed by atoms with E-state index in [2.05, 4.69) is 16.8 Å². The molecule has 4 heteroatoms. The molecule has 4 nitrogen and oxygen atoms in total. The number of hydrogen-bond donors (Lipinski definition) is 1.